The van der Waals surface area contributed by atoms with Gasteiger partial charge in [0.1, 0.15) is 48.9 Å². The van der Waals surface area contributed by atoms with Crippen LogP contribution in [0.3, 0.4) is 0 Å². The molecule has 6 aromatic rings. The molecule has 1 saturated heterocycles. The van der Waals surface area contributed by atoms with Crippen LogP contribution in [0.1, 0.15) is 150 Å². The molecule has 7 atom stereocenters. The molecule has 31 nitrogen and oxygen atoms in total. The van der Waals surface area contributed by atoms with E-state index in [4.69, 9.17) is 40.1 Å². The Kier molecular flexibility index (Phi) is 67.8. The maximum atomic E-state index is 12.8. The largest absolute Gasteiger partial charge is 0.523 e. The molecule has 802 valence electrons. The first-order valence-corrected chi connectivity index (χ1v) is 48.5. The van der Waals surface area contributed by atoms with Gasteiger partial charge in [0, 0.05) is 60.6 Å². The zero-order chi connectivity index (χ0) is 108. The number of likely N-dealkylation sites (N-methyl/N-ethyl adjacent to an activating group) is 1. The van der Waals surface area contributed by atoms with Crippen molar-refractivity contribution in [2.24, 2.45) is 11.5 Å². The van der Waals surface area contributed by atoms with Gasteiger partial charge in [-0.25, -0.2) is 13.2 Å². The van der Waals surface area contributed by atoms with Crippen molar-refractivity contribution in [3.63, 3.8) is 0 Å². The lowest BCUT2D eigenvalue weighted by atomic mass is 10.0. The van der Waals surface area contributed by atoms with Gasteiger partial charge >= 0.3 is 93.8 Å². The van der Waals surface area contributed by atoms with Gasteiger partial charge in [0.25, 0.3) is 0 Å². The van der Waals surface area contributed by atoms with Gasteiger partial charge in [0.15, 0.2) is 6.10 Å². The van der Waals surface area contributed by atoms with Gasteiger partial charge in [0.2, 0.25) is 9.23 Å². The smallest absolute Gasteiger partial charge is 0.480 e. The Morgan fingerprint density at radius 1 is 0.413 bits per heavy atom. The first-order valence-electron chi connectivity index (χ1n) is 44.3. The Labute approximate surface area is 829 Å². The number of Topliss-reactive ketones (excluding diaryl/α,β-unsaturated/α-hetero) is 2. The van der Waals surface area contributed by atoms with Crippen LogP contribution in [0.4, 0.5) is 65.9 Å². The number of hydrogen-bond donors (Lipinski definition) is 11. The van der Waals surface area contributed by atoms with Crippen molar-refractivity contribution in [2.75, 3.05) is 66.1 Å². The molecular formula is C93H122Cl2F15N9O22S2. The number of benzene rings is 6. The Morgan fingerprint density at radius 3 is 0.986 bits per heavy atom. The summed E-state index contributed by atoms with van der Waals surface area (Å²) < 4.78 is 236. The standard InChI is InChI=1S/C26H31F3N2O4.C19H25F3N2O4.C15H19F3N2O3.C13H15F3O5S.C8H13F3N2O3.C7H8O.C5H11NO.Cl2OS/c1-19(32)22(16-15-20-10-4-2-5-11-20)31-23(14-8-9-17-30-25(34)26(27,28)29)24(33)35-18-21-12-6-3-7-13-21;1-13(25)15(11-10-14-7-3-2-4-8-14)24-16(17(26)27)9-5-6-12-23-18(28)19(20,21)22;16-15(17,18)14(22)20-9-5-4-8-12(19)13(21)23-10-11-6-2-1-3-7-11;1-2-20-12(17)11(21-22(18,19)13(14,15)16)9-8-10-6-4-3-5-7-10;9-8(10,11)7(16)13-4-2-1-3-5(12)6(14)15;8-6-7-4-2-1-3-5-7;1-6-2-4-7-5-3-6;1-4(2)3/h2-7,10-13,22-23,31H,8-9,14-18H2,1H3,(H,30,34);2-4,7-8,15-16,24H,5-6,9-12H2,1H3,(H,23,28)(H,26,27);1-3,6-7,12H,4-5,8-10,19H2,(H,20,22);3-7,11H,2,8-9H2,1H3;5H,1-4,12H2,(H,13,16)(H,14,15);1-5,8H,6H2;2-5H2,1H3;/t22-,23-;15-,16-;12-;11-;5-;;;/m00000.../s1. The number of unbranched alkanes of at least 4 members (excludes halogenated alkanes) is 4. The zero-order valence-electron chi connectivity index (χ0n) is 78.5. The second kappa shape index (κ2) is 73.3. The maximum Gasteiger partial charge on any atom is 0.523 e. The number of aliphatic hydroxyl groups excluding tert-OH is 1. The average Bonchev–Trinajstić information content (AvgIpc) is 0.820. The van der Waals surface area contributed by atoms with E-state index in [1.54, 1.807) is 46.3 Å². The molecule has 0 saturated carbocycles. The molecule has 4 amide bonds. The number of carbonyl (C=O) groups is 11. The predicted octanol–water partition coefficient (Wildman–Crippen LogP) is 13.3. The molecule has 143 heavy (non-hydrogen) atoms. The van der Waals surface area contributed by atoms with Gasteiger partial charge in [-0.05, 0) is 177 Å². The molecule has 50 heteroatoms. The van der Waals surface area contributed by atoms with Crippen LogP contribution in [0, 0.1) is 0 Å². The Balaban J connectivity index is 0.00000171. The molecular weight excluding hydrogens is 2020 g/mol. The summed E-state index contributed by atoms with van der Waals surface area (Å²) in [5.41, 5.74) is 10.6. The number of halogens is 17. The van der Waals surface area contributed by atoms with Crippen LogP contribution >= 0.6 is 21.4 Å². The first kappa shape index (κ1) is 132. The fraction of sp³-hybridized carbons (Fsp3) is 0.495. The number of hydrogen-bond acceptors (Lipinski definition) is 25. The van der Waals surface area contributed by atoms with Gasteiger partial charge in [0.05, 0.1) is 38.5 Å². The lowest BCUT2D eigenvalue weighted by molar-refractivity contribution is -0.173. The van der Waals surface area contributed by atoms with Crippen LogP contribution in [0.25, 0.3) is 0 Å². The highest BCUT2D eigenvalue weighted by Gasteiger charge is 2.50. The van der Waals surface area contributed by atoms with Gasteiger partial charge in [-0.3, -0.25) is 58.6 Å². The quantitative estimate of drug-likeness (QED) is 0.00321. The summed E-state index contributed by atoms with van der Waals surface area (Å²) in [4.78, 5) is 127. The van der Waals surface area contributed by atoms with E-state index in [1.807, 2.05) is 157 Å². The second-order valence-corrected chi connectivity index (χ2v) is 35.0. The molecule has 0 radical (unpaired) electrons. The van der Waals surface area contributed by atoms with E-state index in [9.17, 15) is 132 Å². The number of aliphatic carboxylic acids is 2. The molecule has 0 aromatic heterocycles. The number of carbonyl (C=O) groups excluding carboxylic acids is 9. The normalized spacial score (nSPS) is 13.4. The van der Waals surface area contributed by atoms with Crippen LogP contribution in [-0.2, 0) is 134 Å². The molecule has 0 unspecified atom stereocenters. The van der Waals surface area contributed by atoms with E-state index >= 15 is 0 Å². The minimum absolute atomic E-state index is 0.0637. The van der Waals surface area contributed by atoms with Gasteiger partial charge in [-0.1, -0.05) is 182 Å². The number of nitrogens with zero attached hydrogens (tertiary/aromatic N) is 1. The predicted molar refractivity (Wildman–Crippen MR) is 499 cm³/mol. The number of esters is 3. The van der Waals surface area contributed by atoms with E-state index < -0.39 is 145 Å². The second-order valence-electron chi connectivity index (χ2n) is 30.9. The lowest BCUT2D eigenvalue weighted by Gasteiger charge is -2.23. The number of carboxylic acids is 2. The number of ether oxygens (including phenoxy) is 4. The van der Waals surface area contributed by atoms with Crippen molar-refractivity contribution in [3.05, 3.63) is 215 Å². The van der Waals surface area contributed by atoms with E-state index in [0.29, 0.717) is 51.4 Å². The number of nitrogens with two attached hydrogens (primary N) is 2. The number of aliphatic hydroxyl groups is 1. The Bertz CT molecular complexity index is 4750. The summed E-state index contributed by atoms with van der Waals surface area (Å²) in [5, 5.41) is 39.2. The highest BCUT2D eigenvalue weighted by Crippen LogP contribution is 2.28. The Morgan fingerprint density at radius 2 is 0.706 bits per heavy atom. The molecule has 0 bridgehead atoms. The molecule has 6 aromatic carbocycles. The van der Waals surface area contributed by atoms with Crippen LogP contribution in [0.2, 0.25) is 0 Å². The third kappa shape index (κ3) is 66.7. The number of alkyl halides is 15. The third-order valence-corrected chi connectivity index (χ3v) is 20.4. The molecule has 1 aliphatic heterocycles. The van der Waals surface area contributed by atoms with Crippen molar-refractivity contribution in [3.8, 4) is 0 Å². The van der Waals surface area contributed by atoms with Gasteiger partial charge < -0.3 is 71.9 Å². The Hall–Kier alpha value is -10.8. The SMILES string of the molecule is CC(=O)[C@H](CCc1ccccc1)N[C@@H](CCCCNC(=O)C(F)(F)F)C(=O)O.CC(=O)[C@H](CCc1ccccc1)N[C@@H](CCCCNC(=O)C(F)(F)F)C(=O)OCc1ccccc1.CCOC(=O)[C@H](CCc1ccccc1)OS(=O)(=O)C(F)(F)F.CN1CCOCC1.N[C@@H](CCCCNC(=O)C(F)(F)F)C(=O)O.N[C@@H](CCCCNC(=O)C(F)(F)F)C(=O)OCc1ccccc1.O=S(Cl)Cl.OCc1ccccc1. The van der Waals surface area contributed by atoms with Crippen molar-refractivity contribution in [2.45, 2.75) is 229 Å². The monoisotopic (exact) mass is 2140 g/mol. The topological polar surface area (TPSA) is 473 Å². The summed E-state index contributed by atoms with van der Waals surface area (Å²) in [6.45, 7) is 7.88. The first-order chi connectivity index (χ1) is 67.1. The van der Waals surface area contributed by atoms with Gasteiger partial charge in [-0.2, -0.15) is 74.3 Å². The van der Waals surface area contributed by atoms with E-state index in [1.165, 1.54) is 20.8 Å². The number of ketones is 2. The van der Waals surface area contributed by atoms with Crippen molar-refractivity contribution in [1.82, 2.24) is 36.8 Å². The van der Waals surface area contributed by atoms with Crippen LogP contribution in [0.15, 0.2) is 182 Å². The number of nitrogens with one attached hydrogen (secondary N) is 6. The molecule has 1 fully saturated rings. The fourth-order valence-electron chi connectivity index (χ4n) is 11.6. The van der Waals surface area contributed by atoms with Gasteiger partial charge in [-0.15, -0.1) is 0 Å². The minimum atomic E-state index is -5.87. The fourth-order valence-corrected chi connectivity index (χ4v) is 12.2. The molecule has 0 aliphatic carbocycles. The van der Waals surface area contributed by atoms with E-state index in [0.717, 1.165) is 59.7 Å². The maximum absolute atomic E-state index is 12.8. The lowest BCUT2D eigenvalue weighted by Crippen LogP contribution is -2.47. The summed E-state index contributed by atoms with van der Waals surface area (Å²) in [6, 6.07) is 50.5. The number of rotatable bonds is 48. The van der Waals surface area contributed by atoms with E-state index in [-0.39, 0.29) is 128 Å². The summed E-state index contributed by atoms with van der Waals surface area (Å²) in [6.07, 6.45) is -16.2. The van der Waals surface area contributed by atoms with Crippen molar-refractivity contribution < 1.29 is 170 Å². The van der Waals surface area contributed by atoms with Crippen LogP contribution in [0.5, 0.6) is 0 Å². The molecule has 13 N–H and O–H groups in total. The van der Waals surface area contributed by atoms with Crippen LogP contribution in [-0.4, -0.2) is 237 Å². The zero-order valence-corrected chi connectivity index (χ0v) is 81.7. The number of amides is 4. The highest BCUT2D eigenvalue weighted by atomic mass is 36.0. The van der Waals surface area contributed by atoms with E-state index in [2.05, 4.69) is 52.9 Å². The minimum Gasteiger partial charge on any atom is -0.480 e. The van der Waals surface area contributed by atoms with Crippen molar-refractivity contribution >= 4 is 106 Å². The van der Waals surface area contributed by atoms with Crippen LogP contribution < -0.4 is 43.4 Å². The number of morpholine rings is 1. The molecule has 1 aliphatic rings. The summed E-state index contributed by atoms with van der Waals surface area (Å²) in [5.74, 6) is -12.8. The molecule has 0 spiro atoms. The van der Waals surface area contributed by atoms with Crippen molar-refractivity contribution in [1.29, 1.82) is 0 Å². The molecule has 1 heterocycles. The molecule has 7 rings (SSSR count). The third-order valence-electron chi connectivity index (χ3n) is 19.3. The average molecular weight is 2140 g/mol. The number of carboxylic acid groups (broad SMARTS) is 2. The number of aryl methyl sites for hydroxylation is 3. The summed E-state index contributed by atoms with van der Waals surface area (Å²) in [7, 11) is 3.61. The summed E-state index contributed by atoms with van der Waals surface area (Å²) >= 11 is 0. The highest BCUT2D eigenvalue weighted by molar-refractivity contribution is 8.26.